The van der Waals surface area contributed by atoms with E-state index in [0.717, 1.165) is 11.3 Å². The minimum atomic E-state index is -0.555. The van der Waals surface area contributed by atoms with Crippen LogP contribution in [0.25, 0.3) is 22.5 Å². The van der Waals surface area contributed by atoms with Crippen molar-refractivity contribution < 1.29 is 14.1 Å². The van der Waals surface area contributed by atoms with E-state index in [4.69, 9.17) is 20.9 Å². The van der Waals surface area contributed by atoms with Gasteiger partial charge in [-0.1, -0.05) is 58.7 Å². The fourth-order valence-electron chi connectivity index (χ4n) is 2.97. The minimum Gasteiger partial charge on any atom is -0.462 e. The first-order valence-corrected chi connectivity index (χ1v) is 10.0. The number of carbonyl (C=O) groups is 1. The Bertz CT molecular complexity index is 1190. The molecule has 0 fully saturated rings. The van der Waals surface area contributed by atoms with Crippen molar-refractivity contribution in [2.24, 2.45) is 0 Å². The van der Waals surface area contributed by atoms with Crippen molar-refractivity contribution in [1.29, 1.82) is 0 Å². The number of nitrogens with one attached hydrogen (secondary N) is 1. The zero-order valence-electron chi connectivity index (χ0n) is 16.9. The normalized spacial score (nSPS) is 10.7. The van der Waals surface area contributed by atoms with Crippen molar-refractivity contribution in [3.05, 3.63) is 76.8 Å². The predicted molar refractivity (Wildman–Crippen MR) is 118 cm³/mol. The van der Waals surface area contributed by atoms with Crippen LogP contribution in [0.4, 0.5) is 11.7 Å². The molecule has 0 atom stereocenters. The van der Waals surface area contributed by atoms with Gasteiger partial charge in [0.05, 0.1) is 12.3 Å². The maximum Gasteiger partial charge on any atom is 0.346 e. The van der Waals surface area contributed by atoms with Gasteiger partial charge >= 0.3 is 5.97 Å². The largest absolute Gasteiger partial charge is 0.462 e. The number of aryl methyl sites for hydroxylation is 1. The summed E-state index contributed by atoms with van der Waals surface area (Å²) in [7, 11) is 0. The first-order valence-electron chi connectivity index (χ1n) is 9.65. The lowest BCUT2D eigenvalue weighted by atomic mass is 10.1. The lowest BCUT2D eigenvalue weighted by Gasteiger charge is -2.06. The number of rotatable bonds is 6. The quantitative estimate of drug-likeness (QED) is 0.390. The third-order valence-electron chi connectivity index (χ3n) is 4.54. The van der Waals surface area contributed by atoms with E-state index in [0.29, 0.717) is 22.1 Å². The van der Waals surface area contributed by atoms with Crippen molar-refractivity contribution in [2.75, 3.05) is 11.9 Å². The van der Waals surface area contributed by atoms with Gasteiger partial charge in [-0.25, -0.2) is 4.79 Å². The number of hydrogen-bond acceptors (Lipinski definition) is 7. The molecule has 2 aromatic carbocycles. The molecule has 4 aromatic rings. The molecule has 0 aliphatic carbocycles. The lowest BCUT2D eigenvalue weighted by molar-refractivity contribution is 0.0528. The summed E-state index contributed by atoms with van der Waals surface area (Å²) in [6.45, 7) is 3.98. The van der Waals surface area contributed by atoms with Crippen LogP contribution in [-0.4, -0.2) is 27.9 Å². The third kappa shape index (κ3) is 4.57. The Morgan fingerprint density at radius 3 is 2.35 bits per heavy atom. The molecule has 2 heterocycles. The fraction of sp³-hybridized carbons (Fsp3) is 0.130. The zero-order valence-corrected chi connectivity index (χ0v) is 17.7. The number of nitrogens with zero attached hydrogens (tertiary/aromatic N) is 3. The predicted octanol–water partition coefficient (Wildman–Crippen LogP) is 5.68. The van der Waals surface area contributed by atoms with Crippen LogP contribution >= 0.6 is 11.6 Å². The summed E-state index contributed by atoms with van der Waals surface area (Å²) >= 11 is 5.97. The van der Waals surface area contributed by atoms with Gasteiger partial charge in [-0.2, -0.15) is 0 Å². The van der Waals surface area contributed by atoms with Crippen LogP contribution in [0.5, 0.6) is 0 Å². The van der Waals surface area contributed by atoms with Gasteiger partial charge in [-0.05, 0) is 38.1 Å². The molecule has 156 valence electrons. The number of esters is 1. The van der Waals surface area contributed by atoms with Crippen LogP contribution in [0.2, 0.25) is 5.02 Å². The van der Waals surface area contributed by atoms with Crippen LogP contribution < -0.4 is 5.32 Å². The van der Waals surface area contributed by atoms with Crippen molar-refractivity contribution in [3.8, 4) is 22.5 Å². The average Bonchev–Trinajstić information content (AvgIpc) is 3.19. The number of carbonyl (C=O) groups excluding carboxylic acids is 1. The molecule has 1 N–H and O–H groups in total. The first kappa shape index (κ1) is 20.6. The topological polar surface area (TPSA) is 90.1 Å². The summed E-state index contributed by atoms with van der Waals surface area (Å²) in [5.41, 5.74) is 4.06. The highest BCUT2D eigenvalue weighted by atomic mass is 35.5. The molecular weight excluding hydrogens is 416 g/mol. The SMILES string of the molecule is CCOC(=O)c1c(-c2ccc(Cl)cc2)noc1Nc1ccc(-c2ccc(C)cc2)nn1. The van der Waals surface area contributed by atoms with E-state index < -0.39 is 5.97 Å². The van der Waals surface area contributed by atoms with Gasteiger partial charge in [0.15, 0.2) is 11.4 Å². The molecule has 0 spiro atoms. The minimum absolute atomic E-state index is 0.126. The number of hydrogen-bond donors (Lipinski definition) is 1. The van der Waals surface area contributed by atoms with Crippen LogP contribution in [-0.2, 0) is 4.74 Å². The van der Waals surface area contributed by atoms with E-state index in [-0.39, 0.29) is 18.1 Å². The highest BCUT2D eigenvalue weighted by Crippen LogP contribution is 2.32. The average molecular weight is 435 g/mol. The number of aromatic nitrogens is 3. The smallest absolute Gasteiger partial charge is 0.346 e. The maximum atomic E-state index is 12.6. The zero-order chi connectivity index (χ0) is 21.8. The molecule has 0 saturated carbocycles. The maximum absolute atomic E-state index is 12.6. The van der Waals surface area contributed by atoms with E-state index >= 15 is 0 Å². The van der Waals surface area contributed by atoms with Crippen LogP contribution in [0.15, 0.2) is 65.2 Å². The summed E-state index contributed by atoms with van der Waals surface area (Å²) in [4.78, 5) is 12.6. The molecule has 8 heteroatoms. The molecule has 0 saturated heterocycles. The summed E-state index contributed by atoms with van der Waals surface area (Å²) in [6, 6.07) is 18.5. The monoisotopic (exact) mass is 434 g/mol. The fourth-order valence-corrected chi connectivity index (χ4v) is 3.09. The standard InChI is InChI=1S/C23H19ClN4O3/c1-3-30-23(29)20-21(16-8-10-17(24)11-9-16)28-31-22(20)25-19-13-12-18(26-27-19)15-6-4-14(2)5-7-15/h4-13H,3H2,1-2H3,(H,25,27). The van der Waals surface area contributed by atoms with Crippen molar-refractivity contribution in [2.45, 2.75) is 13.8 Å². The van der Waals surface area contributed by atoms with E-state index in [1.165, 1.54) is 5.56 Å². The summed E-state index contributed by atoms with van der Waals surface area (Å²) in [5, 5.41) is 16.1. The number of halogens is 1. The number of ether oxygens (including phenoxy) is 1. The second kappa shape index (κ2) is 8.97. The molecule has 7 nitrogen and oxygen atoms in total. The molecule has 31 heavy (non-hydrogen) atoms. The molecule has 0 radical (unpaired) electrons. The Morgan fingerprint density at radius 1 is 1.00 bits per heavy atom. The van der Waals surface area contributed by atoms with E-state index in [9.17, 15) is 4.79 Å². The summed E-state index contributed by atoms with van der Waals surface area (Å²) in [5.74, 6) is -0.0264. The Labute approximate surface area is 184 Å². The van der Waals surface area contributed by atoms with Crippen LogP contribution in [0, 0.1) is 6.92 Å². The molecule has 0 bridgehead atoms. The van der Waals surface area contributed by atoms with Crippen LogP contribution in [0.3, 0.4) is 0 Å². The van der Waals surface area contributed by atoms with E-state index in [2.05, 4.69) is 20.7 Å². The first-order chi connectivity index (χ1) is 15.0. The third-order valence-corrected chi connectivity index (χ3v) is 4.79. The molecule has 0 amide bonds. The van der Waals surface area contributed by atoms with Gasteiger partial charge < -0.3 is 14.6 Å². The number of anilines is 2. The lowest BCUT2D eigenvalue weighted by Crippen LogP contribution is -2.08. The van der Waals surface area contributed by atoms with Gasteiger partial charge in [0, 0.05) is 16.1 Å². The molecule has 0 unspecified atom stereocenters. The van der Waals surface area contributed by atoms with E-state index in [1.54, 1.807) is 37.3 Å². The summed E-state index contributed by atoms with van der Waals surface area (Å²) in [6.07, 6.45) is 0. The number of benzene rings is 2. The Balaban J connectivity index is 1.64. The van der Waals surface area contributed by atoms with Gasteiger partial charge in [-0.15, -0.1) is 10.2 Å². The Morgan fingerprint density at radius 2 is 1.71 bits per heavy atom. The Kier molecular flexibility index (Phi) is 5.95. The molecule has 0 aliphatic heterocycles. The van der Waals surface area contributed by atoms with Crippen molar-refractivity contribution >= 4 is 29.3 Å². The highest BCUT2D eigenvalue weighted by molar-refractivity contribution is 6.30. The van der Waals surface area contributed by atoms with Crippen molar-refractivity contribution in [3.63, 3.8) is 0 Å². The van der Waals surface area contributed by atoms with Crippen molar-refractivity contribution in [1.82, 2.24) is 15.4 Å². The molecule has 4 rings (SSSR count). The van der Waals surface area contributed by atoms with Crippen LogP contribution in [0.1, 0.15) is 22.8 Å². The van der Waals surface area contributed by atoms with Gasteiger partial charge in [0.2, 0.25) is 5.88 Å². The Hall–Kier alpha value is -3.71. The summed E-state index contributed by atoms with van der Waals surface area (Å²) < 4.78 is 10.6. The molecule has 2 aromatic heterocycles. The molecular formula is C23H19ClN4O3. The van der Waals surface area contributed by atoms with Gasteiger partial charge in [0.25, 0.3) is 0 Å². The second-order valence-electron chi connectivity index (χ2n) is 6.76. The van der Waals surface area contributed by atoms with Gasteiger partial charge in [-0.3, -0.25) is 0 Å². The highest BCUT2D eigenvalue weighted by Gasteiger charge is 2.26. The molecule has 0 aliphatic rings. The van der Waals surface area contributed by atoms with Gasteiger partial charge in [0.1, 0.15) is 5.69 Å². The van der Waals surface area contributed by atoms with E-state index in [1.807, 2.05) is 37.3 Å². The second-order valence-corrected chi connectivity index (χ2v) is 7.19.